The van der Waals surface area contributed by atoms with Crippen LogP contribution in [-0.2, 0) is 6.54 Å². The molecule has 3 rings (SSSR count). The van der Waals surface area contributed by atoms with E-state index in [2.05, 4.69) is 0 Å². The highest BCUT2D eigenvalue weighted by molar-refractivity contribution is 7.99. The Hall–Kier alpha value is -2.61. The zero-order valence-corrected chi connectivity index (χ0v) is 14.9. The minimum atomic E-state index is -0.517. The average Bonchev–Trinajstić information content (AvgIpc) is 2.93. The van der Waals surface area contributed by atoms with Gasteiger partial charge in [0.25, 0.3) is 5.69 Å². The molecule has 0 amide bonds. The zero-order chi connectivity index (χ0) is 18.7. The second kappa shape index (κ2) is 7.74. The van der Waals surface area contributed by atoms with E-state index in [0.717, 1.165) is 11.3 Å². The minimum Gasteiger partial charge on any atom is -0.408 e. The summed E-state index contributed by atoms with van der Waals surface area (Å²) in [6.07, 6.45) is 0.702. The zero-order valence-electron chi connectivity index (χ0n) is 14.1. The van der Waals surface area contributed by atoms with Crippen LogP contribution in [0.4, 0.5) is 10.1 Å². The Morgan fingerprint density at radius 3 is 2.69 bits per heavy atom. The van der Waals surface area contributed by atoms with E-state index in [4.69, 9.17) is 4.42 Å². The van der Waals surface area contributed by atoms with E-state index in [1.54, 1.807) is 23.9 Å². The lowest BCUT2D eigenvalue weighted by Crippen LogP contribution is -2.14. The van der Waals surface area contributed by atoms with Crippen LogP contribution in [0.3, 0.4) is 0 Å². The lowest BCUT2D eigenvalue weighted by molar-refractivity contribution is -0.384. The molecule has 0 fully saturated rings. The second-order valence-corrected chi connectivity index (χ2v) is 7.30. The summed E-state index contributed by atoms with van der Waals surface area (Å²) in [6.45, 7) is 2.46. The normalized spacial score (nSPS) is 12.4. The van der Waals surface area contributed by atoms with Crippen molar-refractivity contribution in [3.05, 3.63) is 74.5 Å². The average molecular weight is 376 g/mol. The number of thioether (sulfide) groups is 1. The standard InChI is InChI=1S/C18H17FN2O4S/c1-12(13-3-5-14(19)6-4-13)26-10-2-9-20-16-11-15(21(23)24)7-8-17(16)25-18(20)22/h3-8,11-12H,2,9-10H2,1H3. The van der Waals surface area contributed by atoms with Crippen LogP contribution in [0.2, 0.25) is 0 Å². The Morgan fingerprint density at radius 2 is 2.00 bits per heavy atom. The number of aryl methyl sites for hydroxylation is 1. The Balaban J connectivity index is 1.63. The maximum Gasteiger partial charge on any atom is 0.419 e. The van der Waals surface area contributed by atoms with E-state index in [1.165, 1.54) is 34.9 Å². The summed E-state index contributed by atoms with van der Waals surface area (Å²) in [7, 11) is 0. The van der Waals surface area contributed by atoms with Gasteiger partial charge in [0.1, 0.15) is 5.82 Å². The number of oxazole rings is 1. The molecule has 0 saturated heterocycles. The third-order valence-electron chi connectivity index (χ3n) is 4.10. The molecule has 0 bridgehead atoms. The fraction of sp³-hybridized carbons (Fsp3) is 0.278. The first-order valence-electron chi connectivity index (χ1n) is 8.10. The van der Waals surface area contributed by atoms with Crippen LogP contribution >= 0.6 is 11.8 Å². The number of fused-ring (bicyclic) bond motifs is 1. The molecule has 0 radical (unpaired) electrons. The van der Waals surface area contributed by atoms with Crippen molar-refractivity contribution in [1.29, 1.82) is 0 Å². The molecule has 1 unspecified atom stereocenters. The molecule has 8 heteroatoms. The topological polar surface area (TPSA) is 78.3 Å². The number of nitro groups is 1. The number of halogens is 1. The maximum absolute atomic E-state index is 13.0. The molecule has 1 heterocycles. The molecular weight excluding hydrogens is 359 g/mol. The summed E-state index contributed by atoms with van der Waals surface area (Å²) in [5.41, 5.74) is 1.73. The Bertz CT molecular complexity index is 981. The van der Waals surface area contributed by atoms with Gasteiger partial charge in [0.2, 0.25) is 0 Å². The van der Waals surface area contributed by atoms with Crippen molar-refractivity contribution >= 4 is 28.5 Å². The van der Waals surface area contributed by atoms with Crippen molar-refractivity contribution < 1.29 is 13.7 Å². The van der Waals surface area contributed by atoms with Gasteiger partial charge in [-0.25, -0.2) is 9.18 Å². The van der Waals surface area contributed by atoms with E-state index in [-0.39, 0.29) is 16.8 Å². The highest BCUT2D eigenvalue weighted by Crippen LogP contribution is 2.29. The minimum absolute atomic E-state index is 0.0774. The molecule has 0 aliphatic carbocycles. The quantitative estimate of drug-likeness (QED) is 0.344. The fourth-order valence-corrected chi connectivity index (χ4v) is 3.69. The first-order chi connectivity index (χ1) is 12.5. The molecule has 136 valence electrons. The molecule has 2 aromatic carbocycles. The number of hydrogen-bond acceptors (Lipinski definition) is 5. The summed E-state index contributed by atoms with van der Waals surface area (Å²) in [5, 5.41) is 11.1. The van der Waals surface area contributed by atoms with Crippen molar-refractivity contribution in [2.45, 2.75) is 25.1 Å². The predicted molar refractivity (Wildman–Crippen MR) is 99.0 cm³/mol. The fourth-order valence-electron chi connectivity index (χ4n) is 2.69. The molecule has 0 N–H and O–H groups in total. The molecule has 26 heavy (non-hydrogen) atoms. The van der Waals surface area contributed by atoms with E-state index in [9.17, 15) is 19.3 Å². The summed E-state index contributed by atoms with van der Waals surface area (Å²) < 4.78 is 19.5. The van der Waals surface area contributed by atoms with Crippen LogP contribution in [-0.4, -0.2) is 15.2 Å². The maximum atomic E-state index is 13.0. The Kier molecular flexibility index (Phi) is 5.41. The molecule has 3 aromatic rings. The molecule has 1 aromatic heterocycles. The third kappa shape index (κ3) is 3.96. The van der Waals surface area contributed by atoms with Gasteiger partial charge in [-0.2, -0.15) is 11.8 Å². The molecular formula is C18H17FN2O4S. The van der Waals surface area contributed by atoms with Crippen LogP contribution in [0.1, 0.15) is 24.2 Å². The second-order valence-electron chi connectivity index (χ2n) is 5.85. The lowest BCUT2D eigenvalue weighted by atomic mass is 10.2. The smallest absolute Gasteiger partial charge is 0.408 e. The Labute approximate surface area is 152 Å². The van der Waals surface area contributed by atoms with Gasteiger partial charge in [-0.3, -0.25) is 14.7 Å². The number of non-ortho nitro benzene ring substituents is 1. The number of hydrogen-bond donors (Lipinski definition) is 0. The van der Waals surface area contributed by atoms with E-state index in [0.29, 0.717) is 24.1 Å². The molecule has 6 nitrogen and oxygen atoms in total. The SMILES string of the molecule is CC(SCCCn1c(=O)oc2ccc([N+](=O)[O-])cc21)c1ccc(F)cc1. The monoisotopic (exact) mass is 376 g/mol. The van der Waals surface area contributed by atoms with E-state index >= 15 is 0 Å². The Morgan fingerprint density at radius 1 is 1.27 bits per heavy atom. The van der Waals surface area contributed by atoms with Crippen LogP contribution in [0, 0.1) is 15.9 Å². The van der Waals surface area contributed by atoms with Gasteiger partial charge in [-0.05, 0) is 42.9 Å². The van der Waals surface area contributed by atoms with Crippen molar-refractivity contribution in [1.82, 2.24) is 4.57 Å². The van der Waals surface area contributed by atoms with Gasteiger partial charge in [-0.1, -0.05) is 12.1 Å². The van der Waals surface area contributed by atoms with E-state index in [1.807, 2.05) is 6.92 Å². The van der Waals surface area contributed by atoms with Crippen molar-refractivity contribution in [2.75, 3.05) is 5.75 Å². The highest BCUT2D eigenvalue weighted by atomic mass is 32.2. The van der Waals surface area contributed by atoms with Gasteiger partial charge in [0, 0.05) is 23.9 Å². The predicted octanol–water partition coefficient (Wildman–Crippen LogP) is 4.53. The summed E-state index contributed by atoms with van der Waals surface area (Å²) in [5.74, 6) is 0.00962. The molecule has 0 aliphatic heterocycles. The first kappa shape index (κ1) is 18.2. The number of rotatable bonds is 7. The molecule has 0 saturated carbocycles. The summed E-state index contributed by atoms with van der Waals surface area (Å²) in [4.78, 5) is 22.4. The van der Waals surface area contributed by atoms with Crippen LogP contribution in [0.15, 0.2) is 51.7 Å². The first-order valence-corrected chi connectivity index (χ1v) is 9.15. The lowest BCUT2D eigenvalue weighted by Gasteiger charge is -2.11. The van der Waals surface area contributed by atoms with E-state index < -0.39 is 10.7 Å². The molecule has 1 atom stereocenters. The van der Waals surface area contributed by atoms with Gasteiger partial charge in [-0.15, -0.1) is 0 Å². The van der Waals surface area contributed by atoms with Crippen molar-refractivity contribution in [3.8, 4) is 0 Å². The molecule has 0 aliphatic rings. The van der Waals surface area contributed by atoms with Crippen LogP contribution < -0.4 is 5.76 Å². The third-order valence-corrected chi connectivity index (χ3v) is 5.39. The van der Waals surface area contributed by atoms with Gasteiger partial charge < -0.3 is 4.42 Å². The van der Waals surface area contributed by atoms with Crippen LogP contribution in [0.25, 0.3) is 11.1 Å². The van der Waals surface area contributed by atoms with Crippen LogP contribution in [0.5, 0.6) is 0 Å². The van der Waals surface area contributed by atoms with Crippen molar-refractivity contribution in [2.24, 2.45) is 0 Å². The summed E-state index contributed by atoms with van der Waals surface area (Å²) >= 11 is 1.70. The number of nitrogens with zero attached hydrogens (tertiary/aromatic N) is 2. The van der Waals surface area contributed by atoms with Crippen molar-refractivity contribution in [3.63, 3.8) is 0 Å². The highest BCUT2D eigenvalue weighted by Gasteiger charge is 2.14. The summed E-state index contributed by atoms with van der Waals surface area (Å²) in [6, 6.07) is 10.5. The number of aromatic nitrogens is 1. The number of benzene rings is 2. The molecule has 0 spiro atoms. The largest absolute Gasteiger partial charge is 0.419 e. The number of nitro benzene ring substituents is 1. The van der Waals surface area contributed by atoms with Gasteiger partial charge >= 0.3 is 5.76 Å². The van der Waals surface area contributed by atoms with Gasteiger partial charge in [0.05, 0.1) is 10.4 Å². The van der Waals surface area contributed by atoms with Gasteiger partial charge in [0.15, 0.2) is 5.58 Å².